The van der Waals surface area contributed by atoms with E-state index in [2.05, 4.69) is 4.98 Å². The summed E-state index contributed by atoms with van der Waals surface area (Å²) < 4.78 is 0. The SMILES string of the molecule is Cc1cncc(CSC(C)C(=O)O)c1. The highest BCUT2D eigenvalue weighted by molar-refractivity contribution is 7.99. The van der Waals surface area contributed by atoms with Crippen molar-refractivity contribution in [1.82, 2.24) is 4.98 Å². The minimum atomic E-state index is -0.768. The fourth-order valence-electron chi connectivity index (χ4n) is 0.989. The summed E-state index contributed by atoms with van der Waals surface area (Å²) in [5, 5.41) is 8.31. The number of hydrogen-bond acceptors (Lipinski definition) is 3. The summed E-state index contributed by atoms with van der Waals surface area (Å²) in [7, 11) is 0. The second-order valence-electron chi connectivity index (χ2n) is 3.16. The van der Waals surface area contributed by atoms with Crippen molar-refractivity contribution in [3.8, 4) is 0 Å². The first-order valence-electron chi connectivity index (χ1n) is 4.34. The Labute approximate surface area is 87.6 Å². The fraction of sp³-hybridized carbons (Fsp3) is 0.400. The van der Waals surface area contributed by atoms with Crippen LogP contribution in [0.2, 0.25) is 0 Å². The van der Waals surface area contributed by atoms with E-state index in [0.29, 0.717) is 5.75 Å². The molecule has 1 heterocycles. The molecule has 4 heteroatoms. The molecule has 1 aromatic heterocycles. The molecule has 3 nitrogen and oxygen atoms in total. The second-order valence-corrected chi connectivity index (χ2v) is 4.49. The third kappa shape index (κ3) is 3.38. The lowest BCUT2D eigenvalue weighted by molar-refractivity contribution is -0.136. The second kappa shape index (κ2) is 5.00. The van der Waals surface area contributed by atoms with Crippen LogP contribution in [0.5, 0.6) is 0 Å². The first-order valence-corrected chi connectivity index (χ1v) is 5.39. The summed E-state index contributed by atoms with van der Waals surface area (Å²) in [5.74, 6) is -0.0714. The number of pyridine rings is 1. The zero-order valence-corrected chi connectivity index (χ0v) is 9.04. The Balaban J connectivity index is 2.49. The molecule has 0 aliphatic heterocycles. The first kappa shape index (κ1) is 11.0. The average Bonchev–Trinajstić information content (AvgIpc) is 2.14. The van der Waals surface area contributed by atoms with Gasteiger partial charge in [-0.05, 0) is 25.0 Å². The van der Waals surface area contributed by atoms with E-state index >= 15 is 0 Å². The predicted octanol–water partition coefficient (Wildman–Crippen LogP) is 2.10. The summed E-state index contributed by atoms with van der Waals surface area (Å²) in [5.41, 5.74) is 2.18. The standard InChI is InChI=1S/C10H13NO2S/c1-7-3-9(5-11-4-7)6-14-8(2)10(12)13/h3-5,8H,6H2,1-2H3,(H,12,13). The smallest absolute Gasteiger partial charge is 0.316 e. The lowest BCUT2D eigenvalue weighted by atomic mass is 10.2. The van der Waals surface area contributed by atoms with Gasteiger partial charge in [0.2, 0.25) is 0 Å². The number of carbonyl (C=O) groups is 1. The molecule has 1 unspecified atom stereocenters. The molecular formula is C10H13NO2S. The van der Waals surface area contributed by atoms with Crippen LogP contribution in [-0.2, 0) is 10.5 Å². The van der Waals surface area contributed by atoms with Gasteiger partial charge in [0.1, 0.15) is 0 Å². The number of aromatic nitrogens is 1. The number of aryl methyl sites for hydroxylation is 1. The molecule has 0 aliphatic rings. The van der Waals surface area contributed by atoms with Crippen LogP contribution >= 0.6 is 11.8 Å². The Morgan fingerprint density at radius 3 is 2.93 bits per heavy atom. The van der Waals surface area contributed by atoms with Crippen LogP contribution in [0.3, 0.4) is 0 Å². The minimum absolute atomic E-state index is 0.365. The van der Waals surface area contributed by atoms with E-state index in [9.17, 15) is 4.79 Å². The van der Waals surface area contributed by atoms with Crippen LogP contribution < -0.4 is 0 Å². The minimum Gasteiger partial charge on any atom is -0.480 e. The quantitative estimate of drug-likeness (QED) is 0.828. The fourth-order valence-corrected chi connectivity index (χ4v) is 1.73. The largest absolute Gasteiger partial charge is 0.480 e. The van der Waals surface area contributed by atoms with Crippen molar-refractivity contribution in [2.75, 3.05) is 0 Å². The van der Waals surface area contributed by atoms with Crippen molar-refractivity contribution >= 4 is 17.7 Å². The Bertz CT molecular complexity index is 328. The lowest BCUT2D eigenvalue weighted by Gasteiger charge is -2.05. The first-order chi connectivity index (χ1) is 6.59. The van der Waals surface area contributed by atoms with Crippen LogP contribution in [0.15, 0.2) is 18.5 Å². The maximum absolute atomic E-state index is 10.6. The van der Waals surface area contributed by atoms with Gasteiger partial charge in [0.05, 0.1) is 5.25 Å². The van der Waals surface area contributed by atoms with Gasteiger partial charge in [-0.1, -0.05) is 6.07 Å². The average molecular weight is 211 g/mol. The van der Waals surface area contributed by atoms with Gasteiger partial charge in [0.25, 0.3) is 0 Å². The van der Waals surface area contributed by atoms with Crippen LogP contribution in [-0.4, -0.2) is 21.3 Å². The van der Waals surface area contributed by atoms with E-state index in [1.165, 1.54) is 11.8 Å². The van der Waals surface area contributed by atoms with Crippen LogP contribution in [0.1, 0.15) is 18.1 Å². The Kier molecular flexibility index (Phi) is 3.95. The van der Waals surface area contributed by atoms with Gasteiger partial charge in [-0.25, -0.2) is 0 Å². The molecule has 0 saturated carbocycles. The monoisotopic (exact) mass is 211 g/mol. The summed E-state index contributed by atoms with van der Waals surface area (Å²) >= 11 is 1.41. The zero-order chi connectivity index (χ0) is 10.6. The van der Waals surface area contributed by atoms with Gasteiger partial charge in [0.15, 0.2) is 0 Å². The lowest BCUT2D eigenvalue weighted by Crippen LogP contribution is -2.11. The molecule has 0 aliphatic carbocycles. The molecule has 0 bridgehead atoms. The molecule has 0 aromatic carbocycles. The molecular weight excluding hydrogens is 198 g/mol. The maximum Gasteiger partial charge on any atom is 0.316 e. The molecule has 14 heavy (non-hydrogen) atoms. The normalized spacial score (nSPS) is 12.4. The summed E-state index contributed by atoms with van der Waals surface area (Å²) in [4.78, 5) is 14.6. The molecule has 0 fully saturated rings. The maximum atomic E-state index is 10.6. The molecule has 0 amide bonds. The van der Waals surface area contributed by atoms with Crippen LogP contribution in [0.25, 0.3) is 0 Å². The predicted molar refractivity (Wildman–Crippen MR) is 57.4 cm³/mol. The van der Waals surface area contributed by atoms with E-state index in [4.69, 9.17) is 5.11 Å². The Morgan fingerprint density at radius 2 is 2.36 bits per heavy atom. The number of rotatable bonds is 4. The van der Waals surface area contributed by atoms with Gasteiger partial charge in [-0.3, -0.25) is 9.78 Å². The van der Waals surface area contributed by atoms with E-state index < -0.39 is 5.97 Å². The topological polar surface area (TPSA) is 50.2 Å². The Morgan fingerprint density at radius 1 is 1.64 bits per heavy atom. The third-order valence-electron chi connectivity index (χ3n) is 1.78. The molecule has 0 radical (unpaired) electrons. The van der Waals surface area contributed by atoms with Gasteiger partial charge >= 0.3 is 5.97 Å². The molecule has 0 spiro atoms. The molecule has 1 atom stereocenters. The number of carboxylic acid groups (broad SMARTS) is 1. The van der Waals surface area contributed by atoms with Gasteiger partial charge in [-0.2, -0.15) is 0 Å². The highest BCUT2D eigenvalue weighted by atomic mass is 32.2. The van der Waals surface area contributed by atoms with E-state index in [-0.39, 0.29) is 5.25 Å². The van der Waals surface area contributed by atoms with Crippen LogP contribution in [0, 0.1) is 6.92 Å². The van der Waals surface area contributed by atoms with Crippen molar-refractivity contribution in [3.63, 3.8) is 0 Å². The molecule has 1 N–H and O–H groups in total. The van der Waals surface area contributed by atoms with Crippen molar-refractivity contribution in [2.45, 2.75) is 24.9 Å². The van der Waals surface area contributed by atoms with Crippen LogP contribution in [0.4, 0.5) is 0 Å². The molecule has 0 saturated heterocycles. The summed E-state index contributed by atoms with van der Waals surface area (Å²) in [6, 6.07) is 2.02. The van der Waals surface area contributed by atoms with Gasteiger partial charge < -0.3 is 5.11 Å². The van der Waals surface area contributed by atoms with Crippen molar-refractivity contribution in [2.24, 2.45) is 0 Å². The van der Waals surface area contributed by atoms with Gasteiger partial charge in [0, 0.05) is 18.1 Å². The zero-order valence-electron chi connectivity index (χ0n) is 8.23. The summed E-state index contributed by atoms with van der Waals surface area (Å²) in [6.07, 6.45) is 3.56. The third-order valence-corrected chi connectivity index (χ3v) is 2.98. The summed E-state index contributed by atoms with van der Waals surface area (Å²) in [6.45, 7) is 3.66. The van der Waals surface area contributed by atoms with Crippen molar-refractivity contribution in [3.05, 3.63) is 29.6 Å². The number of aliphatic carboxylic acids is 1. The number of carboxylic acids is 1. The van der Waals surface area contributed by atoms with E-state index in [0.717, 1.165) is 11.1 Å². The molecule has 1 rings (SSSR count). The van der Waals surface area contributed by atoms with Gasteiger partial charge in [-0.15, -0.1) is 11.8 Å². The van der Waals surface area contributed by atoms with Crippen molar-refractivity contribution in [1.29, 1.82) is 0 Å². The number of thioether (sulfide) groups is 1. The van der Waals surface area contributed by atoms with Crippen molar-refractivity contribution < 1.29 is 9.90 Å². The molecule has 76 valence electrons. The van der Waals surface area contributed by atoms with E-state index in [1.54, 1.807) is 19.3 Å². The number of hydrogen-bond donors (Lipinski definition) is 1. The van der Waals surface area contributed by atoms with E-state index in [1.807, 2.05) is 13.0 Å². The highest BCUT2D eigenvalue weighted by Gasteiger charge is 2.10. The highest BCUT2D eigenvalue weighted by Crippen LogP contribution is 2.17. The Hall–Kier alpha value is -1.03. The molecule has 1 aromatic rings. The number of nitrogens with zero attached hydrogens (tertiary/aromatic N) is 1.